The van der Waals surface area contributed by atoms with E-state index in [4.69, 9.17) is 14.0 Å². The van der Waals surface area contributed by atoms with Crippen LogP contribution in [0.1, 0.15) is 39.1 Å². The van der Waals surface area contributed by atoms with Crippen LogP contribution in [-0.2, 0) is 4.79 Å². The number of hydrogen-bond acceptors (Lipinski definition) is 7. The molecule has 3 heterocycles. The van der Waals surface area contributed by atoms with E-state index in [0.717, 1.165) is 24.3 Å². The number of rotatable bonds is 3. The summed E-state index contributed by atoms with van der Waals surface area (Å²) in [6.07, 6.45) is 0.737. The molecule has 1 saturated heterocycles. The van der Waals surface area contributed by atoms with E-state index in [1.165, 1.54) is 0 Å². The van der Waals surface area contributed by atoms with Crippen molar-refractivity contribution in [3.63, 3.8) is 0 Å². The Balaban J connectivity index is 1.48. The zero-order chi connectivity index (χ0) is 19.2. The molecule has 4 rings (SSSR count). The zero-order valence-electron chi connectivity index (χ0n) is 16.0. The van der Waals surface area contributed by atoms with Gasteiger partial charge in [0, 0.05) is 23.6 Å². The summed E-state index contributed by atoms with van der Waals surface area (Å²) >= 11 is 0. The molecule has 1 aromatic carbocycles. The standard InChI is InChI=1S/C19H24N4O4/c1-19(2,3)18(24)20-12-8-13(23(4)9-12)17-21-16(22-27-17)11-5-6-14-15(7-11)26-10-25-14/h5-7,12-13H,8-10H2,1-4H3,(H,20,24)/t12-,13+/m1/s1. The molecule has 144 valence electrons. The Morgan fingerprint density at radius 1 is 1.26 bits per heavy atom. The third-order valence-electron chi connectivity index (χ3n) is 4.92. The number of carbonyl (C=O) groups is 1. The third-order valence-corrected chi connectivity index (χ3v) is 4.92. The predicted molar refractivity (Wildman–Crippen MR) is 97.2 cm³/mol. The molecule has 8 nitrogen and oxygen atoms in total. The van der Waals surface area contributed by atoms with Crippen LogP contribution < -0.4 is 14.8 Å². The minimum absolute atomic E-state index is 0.0227. The van der Waals surface area contributed by atoms with Crippen molar-refractivity contribution >= 4 is 5.91 Å². The zero-order valence-corrected chi connectivity index (χ0v) is 16.0. The largest absolute Gasteiger partial charge is 0.454 e. The van der Waals surface area contributed by atoms with Crippen molar-refractivity contribution in [1.29, 1.82) is 0 Å². The fourth-order valence-electron chi connectivity index (χ4n) is 3.32. The molecule has 0 bridgehead atoms. The lowest BCUT2D eigenvalue weighted by Gasteiger charge is -2.21. The molecule has 2 aromatic rings. The Morgan fingerprint density at radius 2 is 2.04 bits per heavy atom. The van der Waals surface area contributed by atoms with Gasteiger partial charge >= 0.3 is 0 Å². The van der Waals surface area contributed by atoms with Crippen molar-refractivity contribution < 1.29 is 18.8 Å². The summed E-state index contributed by atoms with van der Waals surface area (Å²) in [5.74, 6) is 2.52. The first-order valence-corrected chi connectivity index (χ1v) is 9.06. The second-order valence-electron chi connectivity index (χ2n) is 8.14. The summed E-state index contributed by atoms with van der Waals surface area (Å²) in [5, 5.41) is 7.23. The van der Waals surface area contributed by atoms with Crippen LogP contribution in [-0.4, -0.2) is 47.4 Å². The predicted octanol–water partition coefficient (Wildman–Crippen LogP) is 2.37. The number of benzene rings is 1. The first-order valence-electron chi connectivity index (χ1n) is 9.06. The van der Waals surface area contributed by atoms with Crippen LogP contribution >= 0.6 is 0 Å². The highest BCUT2D eigenvalue weighted by molar-refractivity contribution is 5.81. The highest BCUT2D eigenvalue weighted by Gasteiger charge is 2.36. The van der Waals surface area contributed by atoms with Gasteiger partial charge in [-0.15, -0.1) is 0 Å². The second kappa shape index (κ2) is 6.53. The van der Waals surface area contributed by atoms with Crippen LogP contribution in [0.5, 0.6) is 11.5 Å². The maximum absolute atomic E-state index is 12.2. The van der Waals surface area contributed by atoms with Crippen LogP contribution in [0.2, 0.25) is 0 Å². The van der Waals surface area contributed by atoms with E-state index in [-0.39, 0.29) is 24.8 Å². The number of amides is 1. The number of hydrogen-bond donors (Lipinski definition) is 1. The minimum atomic E-state index is -0.409. The van der Waals surface area contributed by atoms with Crippen molar-refractivity contribution in [1.82, 2.24) is 20.4 Å². The molecule has 8 heteroatoms. The van der Waals surface area contributed by atoms with E-state index in [1.807, 2.05) is 46.0 Å². The Morgan fingerprint density at radius 3 is 2.81 bits per heavy atom. The summed E-state index contributed by atoms with van der Waals surface area (Å²) < 4.78 is 16.3. The van der Waals surface area contributed by atoms with Crippen LogP contribution in [0.3, 0.4) is 0 Å². The van der Waals surface area contributed by atoms with Gasteiger partial charge in [0.1, 0.15) is 0 Å². The Kier molecular flexibility index (Phi) is 4.30. The maximum Gasteiger partial charge on any atom is 0.244 e. The Labute approximate surface area is 157 Å². The SMILES string of the molecule is CN1C[C@H](NC(=O)C(C)(C)C)C[C@H]1c1nc(-c2ccc3c(c2)OCO3)no1. The highest BCUT2D eigenvalue weighted by Crippen LogP contribution is 2.36. The van der Waals surface area contributed by atoms with Gasteiger partial charge in [0.2, 0.25) is 24.4 Å². The molecular weight excluding hydrogens is 348 g/mol. The monoisotopic (exact) mass is 372 g/mol. The molecule has 0 aliphatic carbocycles. The van der Waals surface area contributed by atoms with Gasteiger partial charge in [-0.05, 0) is 31.7 Å². The molecule has 1 N–H and O–H groups in total. The Bertz CT molecular complexity index is 858. The fourth-order valence-corrected chi connectivity index (χ4v) is 3.32. The lowest BCUT2D eigenvalue weighted by molar-refractivity contribution is -0.129. The molecule has 0 spiro atoms. The van der Waals surface area contributed by atoms with E-state index in [2.05, 4.69) is 20.4 Å². The van der Waals surface area contributed by atoms with Crippen molar-refractivity contribution in [2.45, 2.75) is 39.3 Å². The molecule has 27 heavy (non-hydrogen) atoms. The molecular formula is C19H24N4O4. The number of aromatic nitrogens is 2. The molecule has 1 fully saturated rings. The van der Waals surface area contributed by atoms with Gasteiger partial charge in [-0.1, -0.05) is 25.9 Å². The summed E-state index contributed by atoms with van der Waals surface area (Å²) in [4.78, 5) is 19.0. The number of ether oxygens (including phenoxy) is 2. The summed E-state index contributed by atoms with van der Waals surface area (Å²) in [7, 11) is 2.00. The topological polar surface area (TPSA) is 89.7 Å². The van der Waals surface area contributed by atoms with Gasteiger partial charge in [0.15, 0.2) is 11.5 Å². The van der Waals surface area contributed by atoms with Crippen LogP contribution in [0.15, 0.2) is 22.7 Å². The van der Waals surface area contributed by atoms with E-state index in [0.29, 0.717) is 17.5 Å². The lowest BCUT2D eigenvalue weighted by Crippen LogP contribution is -2.42. The van der Waals surface area contributed by atoms with E-state index in [1.54, 1.807) is 0 Å². The van der Waals surface area contributed by atoms with Gasteiger partial charge in [-0.2, -0.15) is 4.98 Å². The molecule has 0 saturated carbocycles. The number of carbonyl (C=O) groups excluding carboxylic acids is 1. The lowest BCUT2D eigenvalue weighted by atomic mass is 9.95. The van der Waals surface area contributed by atoms with Crippen LogP contribution in [0, 0.1) is 5.41 Å². The quantitative estimate of drug-likeness (QED) is 0.885. The van der Waals surface area contributed by atoms with Crippen LogP contribution in [0.4, 0.5) is 0 Å². The second-order valence-corrected chi connectivity index (χ2v) is 8.14. The van der Waals surface area contributed by atoms with Gasteiger partial charge in [-0.25, -0.2) is 0 Å². The van der Waals surface area contributed by atoms with Gasteiger partial charge < -0.3 is 19.3 Å². The molecule has 0 unspecified atom stereocenters. The first kappa shape index (κ1) is 17.8. The molecule has 2 atom stereocenters. The number of likely N-dealkylation sites (N-methyl/N-ethyl adjacent to an activating group) is 1. The summed E-state index contributed by atoms with van der Waals surface area (Å²) in [6, 6.07) is 5.61. The molecule has 1 aromatic heterocycles. The summed E-state index contributed by atoms with van der Waals surface area (Å²) in [6.45, 7) is 6.70. The number of nitrogens with one attached hydrogen (secondary N) is 1. The van der Waals surface area contributed by atoms with Crippen molar-refractivity contribution in [2.75, 3.05) is 20.4 Å². The smallest absolute Gasteiger partial charge is 0.244 e. The maximum atomic E-state index is 12.2. The average Bonchev–Trinajstić information content (AvgIpc) is 3.32. The number of likely N-dealkylation sites (tertiary alicyclic amines) is 1. The van der Waals surface area contributed by atoms with Crippen molar-refractivity contribution in [3.05, 3.63) is 24.1 Å². The van der Waals surface area contributed by atoms with Crippen molar-refractivity contribution in [3.8, 4) is 22.9 Å². The fraction of sp³-hybridized carbons (Fsp3) is 0.526. The molecule has 2 aliphatic rings. The van der Waals surface area contributed by atoms with Crippen LogP contribution in [0.25, 0.3) is 11.4 Å². The first-order chi connectivity index (χ1) is 12.8. The normalized spacial score (nSPS) is 22.2. The van der Waals surface area contributed by atoms with Gasteiger partial charge in [0.05, 0.1) is 6.04 Å². The number of fused-ring (bicyclic) bond motifs is 1. The van der Waals surface area contributed by atoms with Gasteiger partial charge in [-0.3, -0.25) is 9.69 Å². The third kappa shape index (κ3) is 3.49. The highest BCUT2D eigenvalue weighted by atomic mass is 16.7. The van der Waals surface area contributed by atoms with Crippen molar-refractivity contribution in [2.24, 2.45) is 5.41 Å². The Hall–Kier alpha value is -2.61. The summed E-state index contributed by atoms with van der Waals surface area (Å²) in [5.41, 5.74) is 0.403. The van der Waals surface area contributed by atoms with Gasteiger partial charge in [0.25, 0.3) is 0 Å². The van der Waals surface area contributed by atoms with E-state index >= 15 is 0 Å². The average molecular weight is 372 g/mol. The number of nitrogens with zero attached hydrogens (tertiary/aromatic N) is 3. The molecule has 2 aliphatic heterocycles. The van der Waals surface area contributed by atoms with E-state index < -0.39 is 5.41 Å². The minimum Gasteiger partial charge on any atom is -0.454 e. The molecule has 0 radical (unpaired) electrons. The van der Waals surface area contributed by atoms with E-state index in [9.17, 15) is 4.79 Å². The molecule has 1 amide bonds.